The Morgan fingerprint density at radius 2 is 2.38 bits per heavy atom. The minimum absolute atomic E-state index is 0.0814. The first-order valence-corrected chi connectivity index (χ1v) is 5.69. The lowest BCUT2D eigenvalue weighted by Crippen LogP contribution is -2.51. The van der Waals surface area contributed by atoms with Crippen molar-refractivity contribution < 1.29 is 9.59 Å². The lowest BCUT2D eigenvalue weighted by atomic mass is 9.93. The fourth-order valence-electron chi connectivity index (χ4n) is 2.11. The third kappa shape index (κ3) is 2.39. The van der Waals surface area contributed by atoms with Gasteiger partial charge < -0.3 is 4.79 Å². The normalized spacial score (nSPS) is 25.5. The average molecular weight is 220 g/mol. The van der Waals surface area contributed by atoms with Gasteiger partial charge in [-0.05, 0) is 25.7 Å². The van der Waals surface area contributed by atoms with Crippen molar-refractivity contribution in [3.8, 4) is 0 Å². The maximum absolute atomic E-state index is 11.4. The molecule has 2 rings (SSSR count). The Labute approximate surface area is 95.0 Å². The van der Waals surface area contributed by atoms with Crippen LogP contribution in [0.15, 0.2) is 23.8 Å². The molecule has 2 aliphatic rings. The molecule has 0 aromatic heterocycles. The molecular formula is C12H16N2O2. The van der Waals surface area contributed by atoms with E-state index in [2.05, 4.69) is 11.5 Å². The third-order valence-corrected chi connectivity index (χ3v) is 2.97. The van der Waals surface area contributed by atoms with E-state index in [1.165, 1.54) is 23.4 Å². The van der Waals surface area contributed by atoms with Gasteiger partial charge in [-0.1, -0.05) is 17.7 Å². The summed E-state index contributed by atoms with van der Waals surface area (Å²) >= 11 is 0. The molecule has 1 unspecified atom stereocenters. The molecule has 1 aliphatic heterocycles. The quantitative estimate of drug-likeness (QED) is 0.569. The summed E-state index contributed by atoms with van der Waals surface area (Å²) in [5, 5.41) is 1.37. The maximum atomic E-state index is 11.4. The van der Waals surface area contributed by atoms with E-state index in [9.17, 15) is 9.59 Å². The predicted molar refractivity (Wildman–Crippen MR) is 60.4 cm³/mol. The van der Waals surface area contributed by atoms with Crippen LogP contribution in [0.25, 0.3) is 0 Å². The van der Waals surface area contributed by atoms with E-state index >= 15 is 0 Å². The van der Waals surface area contributed by atoms with Crippen molar-refractivity contribution in [2.75, 3.05) is 6.54 Å². The van der Waals surface area contributed by atoms with Crippen molar-refractivity contribution in [3.63, 3.8) is 0 Å². The first kappa shape index (κ1) is 11.1. The summed E-state index contributed by atoms with van der Waals surface area (Å²) in [6, 6.07) is 0.0814. The highest BCUT2D eigenvalue weighted by Gasteiger charge is 2.22. The van der Waals surface area contributed by atoms with E-state index in [0.29, 0.717) is 0 Å². The van der Waals surface area contributed by atoms with Gasteiger partial charge in [0.05, 0.1) is 12.6 Å². The molecule has 16 heavy (non-hydrogen) atoms. The number of aldehydes is 1. The van der Waals surface area contributed by atoms with Crippen molar-refractivity contribution in [3.05, 3.63) is 23.8 Å². The monoisotopic (exact) mass is 220 g/mol. The highest BCUT2D eigenvalue weighted by atomic mass is 16.2. The van der Waals surface area contributed by atoms with E-state index in [-0.39, 0.29) is 18.5 Å². The van der Waals surface area contributed by atoms with Crippen LogP contribution in [0.5, 0.6) is 0 Å². The number of rotatable bonds is 3. The number of hydrazine groups is 1. The lowest BCUT2D eigenvalue weighted by Gasteiger charge is -2.31. The van der Waals surface area contributed by atoms with E-state index in [0.717, 1.165) is 19.1 Å². The smallest absolute Gasteiger partial charge is 0.260 e. The van der Waals surface area contributed by atoms with Crippen LogP contribution in [0.3, 0.4) is 0 Å². The molecule has 1 N–H and O–H groups in total. The zero-order chi connectivity index (χ0) is 11.4. The summed E-state index contributed by atoms with van der Waals surface area (Å²) in [5.74, 6) is -0.153. The van der Waals surface area contributed by atoms with Crippen molar-refractivity contribution in [2.45, 2.75) is 31.7 Å². The van der Waals surface area contributed by atoms with Gasteiger partial charge in [-0.3, -0.25) is 9.80 Å². The van der Waals surface area contributed by atoms with E-state index < -0.39 is 0 Å². The lowest BCUT2D eigenvalue weighted by molar-refractivity contribution is -0.132. The molecule has 4 nitrogen and oxygen atoms in total. The van der Waals surface area contributed by atoms with Gasteiger partial charge in [-0.25, -0.2) is 5.43 Å². The zero-order valence-electron chi connectivity index (χ0n) is 9.19. The summed E-state index contributed by atoms with van der Waals surface area (Å²) in [4.78, 5) is 21.8. The van der Waals surface area contributed by atoms with Gasteiger partial charge in [-0.2, -0.15) is 0 Å². The van der Waals surface area contributed by atoms with Crippen LogP contribution < -0.4 is 5.43 Å². The van der Waals surface area contributed by atoms with Gasteiger partial charge in [0.2, 0.25) is 0 Å². The fourth-order valence-corrected chi connectivity index (χ4v) is 2.11. The summed E-state index contributed by atoms with van der Waals surface area (Å²) in [6.45, 7) is 0.104. The van der Waals surface area contributed by atoms with Gasteiger partial charge in [-0.15, -0.1) is 0 Å². The number of nitrogens with one attached hydrogen (secondary N) is 1. The van der Waals surface area contributed by atoms with Crippen LogP contribution >= 0.6 is 0 Å². The van der Waals surface area contributed by atoms with Crippen molar-refractivity contribution in [1.82, 2.24) is 10.4 Å². The van der Waals surface area contributed by atoms with E-state index in [1.54, 1.807) is 6.08 Å². The first-order chi connectivity index (χ1) is 7.81. The van der Waals surface area contributed by atoms with Gasteiger partial charge >= 0.3 is 0 Å². The van der Waals surface area contributed by atoms with Crippen molar-refractivity contribution >= 4 is 12.2 Å². The van der Waals surface area contributed by atoms with Crippen LogP contribution in [-0.4, -0.2) is 29.8 Å². The van der Waals surface area contributed by atoms with E-state index in [1.807, 2.05) is 6.08 Å². The standard InChI is InChI=1S/C12H16N2O2/c15-9-8-14-12(16)7-6-11(13-14)10-4-2-1-3-5-10/h4,6-7,9,11,13H,1-3,5,8H2. The Morgan fingerprint density at radius 1 is 1.50 bits per heavy atom. The molecule has 0 fully saturated rings. The minimum atomic E-state index is -0.153. The molecular weight excluding hydrogens is 204 g/mol. The third-order valence-electron chi connectivity index (χ3n) is 2.97. The molecule has 0 spiro atoms. The molecule has 1 aliphatic carbocycles. The van der Waals surface area contributed by atoms with Gasteiger partial charge in [0, 0.05) is 6.08 Å². The topological polar surface area (TPSA) is 49.4 Å². The number of nitrogens with zero attached hydrogens (tertiary/aromatic N) is 1. The Balaban J connectivity index is 2.06. The Kier molecular flexibility index (Phi) is 3.51. The van der Waals surface area contributed by atoms with Crippen LogP contribution in [0.4, 0.5) is 0 Å². The fraction of sp³-hybridized carbons (Fsp3) is 0.500. The summed E-state index contributed by atoms with van der Waals surface area (Å²) < 4.78 is 0. The zero-order valence-corrected chi connectivity index (χ0v) is 9.19. The van der Waals surface area contributed by atoms with Crippen LogP contribution in [0.2, 0.25) is 0 Å². The molecule has 1 heterocycles. The van der Waals surface area contributed by atoms with Crippen LogP contribution in [0, 0.1) is 0 Å². The number of carbonyl (C=O) groups excluding carboxylic acids is 2. The Morgan fingerprint density at radius 3 is 3.06 bits per heavy atom. The highest BCUT2D eigenvalue weighted by molar-refractivity contribution is 5.89. The average Bonchev–Trinajstić information content (AvgIpc) is 2.33. The molecule has 0 saturated carbocycles. The maximum Gasteiger partial charge on any atom is 0.260 e. The molecule has 4 heteroatoms. The summed E-state index contributed by atoms with van der Waals surface area (Å²) in [5.41, 5.74) is 4.40. The second kappa shape index (κ2) is 5.07. The van der Waals surface area contributed by atoms with Gasteiger partial charge in [0.1, 0.15) is 6.29 Å². The Bertz CT molecular complexity index is 347. The second-order valence-corrected chi connectivity index (χ2v) is 4.11. The number of hydrogen-bond acceptors (Lipinski definition) is 3. The molecule has 0 saturated heterocycles. The van der Waals surface area contributed by atoms with Gasteiger partial charge in [0.25, 0.3) is 5.91 Å². The summed E-state index contributed by atoms with van der Waals surface area (Å²) in [7, 11) is 0. The molecule has 0 aromatic carbocycles. The highest BCUT2D eigenvalue weighted by Crippen LogP contribution is 2.22. The Hall–Kier alpha value is -1.42. The summed E-state index contributed by atoms with van der Waals surface area (Å²) in [6.07, 6.45) is 11.0. The molecule has 0 radical (unpaired) electrons. The van der Waals surface area contributed by atoms with Crippen molar-refractivity contribution in [1.29, 1.82) is 0 Å². The van der Waals surface area contributed by atoms with Crippen molar-refractivity contribution in [2.24, 2.45) is 0 Å². The SMILES string of the molecule is O=CCN1NC(C2=CCCCC2)C=CC1=O. The number of hydrogen-bond donors (Lipinski definition) is 1. The molecule has 1 atom stereocenters. The minimum Gasteiger partial charge on any atom is -0.301 e. The molecule has 0 aromatic rings. The van der Waals surface area contributed by atoms with Crippen LogP contribution in [-0.2, 0) is 9.59 Å². The molecule has 86 valence electrons. The number of amides is 1. The largest absolute Gasteiger partial charge is 0.301 e. The van der Waals surface area contributed by atoms with E-state index in [4.69, 9.17) is 0 Å². The number of carbonyl (C=O) groups is 2. The molecule has 1 amide bonds. The van der Waals surface area contributed by atoms with Gasteiger partial charge in [0.15, 0.2) is 0 Å². The molecule has 0 bridgehead atoms. The number of allylic oxidation sites excluding steroid dienone is 1. The predicted octanol–water partition coefficient (Wildman–Crippen LogP) is 0.957. The van der Waals surface area contributed by atoms with Crippen LogP contribution in [0.1, 0.15) is 25.7 Å². The first-order valence-electron chi connectivity index (χ1n) is 5.69. The second-order valence-electron chi connectivity index (χ2n) is 4.11.